The minimum Gasteiger partial charge on any atom is -0.325 e. The maximum absolute atomic E-state index is 11.9. The van der Waals surface area contributed by atoms with Crippen molar-refractivity contribution in [3.05, 3.63) is 30.1 Å². The molecule has 1 aromatic heterocycles. The number of anilines is 1. The molecule has 0 aliphatic rings. The summed E-state index contributed by atoms with van der Waals surface area (Å²) in [6, 6.07) is 4.55. The second-order valence-electron chi connectivity index (χ2n) is 4.59. The predicted molar refractivity (Wildman–Crippen MR) is 82.9 cm³/mol. The molecule has 1 aromatic carbocycles. The Morgan fingerprint density at radius 3 is 2.77 bits per heavy atom. The molecule has 2 rings (SSSR count). The third kappa shape index (κ3) is 4.06. The topological polar surface area (TPSA) is 120 Å². The number of nitrogens with one attached hydrogen (secondary N) is 1. The van der Waals surface area contributed by atoms with Crippen LogP contribution in [0.25, 0.3) is 0 Å². The number of aryl methyl sites for hydroxylation is 2. The van der Waals surface area contributed by atoms with Crippen LogP contribution in [-0.4, -0.2) is 34.8 Å². The van der Waals surface area contributed by atoms with Gasteiger partial charge in [0.05, 0.1) is 10.6 Å². The van der Waals surface area contributed by atoms with Crippen LogP contribution in [0.5, 0.6) is 0 Å². The van der Waals surface area contributed by atoms with Crippen molar-refractivity contribution >= 4 is 33.4 Å². The van der Waals surface area contributed by atoms with Crippen molar-refractivity contribution in [2.24, 2.45) is 12.2 Å². The van der Waals surface area contributed by atoms with E-state index in [1.54, 1.807) is 37.0 Å². The van der Waals surface area contributed by atoms with Crippen molar-refractivity contribution in [1.82, 2.24) is 14.8 Å². The lowest BCUT2D eigenvalue weighted by Gasteiger charge is -2.08. The minimum atomic E-state index is -3.82. The smallest absolute Gasteiger partial charge is 0.238 e. The highest BCUT2D eigenvalue weighted by atomic mass is 32.2. The van der Waals surface area contributed by atoms with E-state index >= 15 is 0 Å². The molecule has 10 heteroatoms. The molecule has 0 radical (unpaired) electrons. The zero-order valence-electron chi connectivity index (χ0n) is 12.0. The Labute approximate surface area is 132 Å². The number of nitrogens with two attached hydrogens (primary N) is 1. The van der Waals surface area contributed by atoms with Gasteiger partial charge in [-0.3, -0.25) is 4.79 Å². The molecule has 1 heterocycles. The Morgan fingerprint density at radius 1 is 1.45 bits per heavy atom. The van der Waals surface area contributed by atoms with Gasteiger partial charge in [0, 0.05) is 12.7 Å². The Balaban J connectivity index is 2.04. The van der Waals surface area contributed by atoms with E-state index < -0.39 is 10.0 Å². The Hall–Kier alpha value is -1.91. The first-order valence-electron chi connectivity index (χ1n) is 6.17. The lowest BCUT2D eigenvalue weighted by atomic mass is 10.2. The lowest BCUT2D eigenvalue weighted by molar-refractivity contribution is -0.113. The van der Waals surface area contributed by atoms with Gasteiger partial charge in [0.2, 0.25) is 15.9 Å². The van der Waals surface area contributed by atoms with Crippen molar-refractivity contribution in [2.45, 2.75) is 17.0 Å². The molecule has 0 saturated carbocycles. The molecule has 8 nitrogen and oxygen atoms in total. The number of hydrogen-bond acceptors (Lipinski definition) is 6. The van der Waals surface area contributed by atoms with Gasteiger partial charge in [0.15, 0.2) is 5.16 Å². The monoisotopic (exact) mass is 341 g/mol. The summed E-state index contributed by atoms with van der Waals surface area (Å²) < 4.78 is 24.6. The number of carbonyl (C=O) groups excluding carboxylic acids is 1. The maximum Gasteiger partial charge on any atom is 0.238 e. The van der Waals surface area contributed by atoms with E-state index in [4.69, 9.17) is 5.14 Å². The average molecular weight is 341 g/mol. The van der Waals surface area contributed by atoms with Crippen LogP contribution in [0.4, 0.5) is 5.69 Å². The van der Waals surface area contributed by atoms with Crippen molar-refractivity contribution in [2.75, 3.05) is 11.1 Å². The molecule has 0 atom stereocenters. The van der Waals surface area contributed by atoms with Gasteiger partial charge in [-0.1, -0.05) is 17.8 Å². The van der Waals surface area contributed by atoms with E-state index in [1.165, 1.54) is 17.8 Å². The zero-order chi connectivity index (χ0) is 16.3. The Kier molecular flexibility index (Phi) is 4.84. The van der Waals surface area contributed by atoms with Crippen molar-refractivity contribution in [3.8, 4) is 0 Å². The molecule has 0 unspecified atom stereocenters. The fourth-order valence-electron chi connectivity index (χ4n) is 1.71. The molecule has 0 fully saturated rings. The largest absolute Gasteiger partial charge is 0.325 e. The standard InChI is InChI=1S/C12H15N5O3S2/c1-8-3-4-9(5-10(8)22(13,19)20)15-11(18)6-21-12-16-14-7-17(12)2/h3-5,7H,6H2,1-2H3,(H,15,18)(H2,13,19,20). The number of nitrogens with zero attached hydrogens (tertiary/aromatic N) is 3. The highest BCUT2D eigenvalue weighted by Crippen LogP contribution is 2.20. The molecular formula is C12H15N5O3S2. The van der Waals surface area contributed by atoms with Gasteiger partial charge in [0.1, 0.15) is 6.33 Å². The van der Waals surface area contributed by atoms with E-state index in [2.05, 4.69) is 15.5 Å². The number of hydrogen-bond donors (Lipinski definition) is 2. The van der Waals surface area contributed by atoms with Gasteiger partial charge in [-0.15, -0.1) is 10.2 Å². The third-order valence-corrected chi connectivity index (χ3v) is 4.87. The summed E-state index contributed by atoms with van der Waals surface area (Å²) in [6.45, 7) is 1.63. The van der Waals surface area contributed by atoms with Crippen LogP contribution in [0.15, 0.2) is 34.6 Å². The molecule has 2 aromatic rings. The van der Waals surface area contributed by atoms with Crippen molar-refractivity contribution in [3.63, 3.8) is 0 Å². The number of amides is 1. The average Bonchev–Trinajstić information content (AvgIpc) is 2.83. The second kappa shape index (κ2) is 6.46. The van der Waals surface area contributed by atoms with Crippen LogP contribution in [0.3, 0.4) is 0 Å². The van der Waals surface area contributed by atoms with Gasteiger partial charge >= 0.3 is 0 Å². The molecule has 0 bridgehead atoms. The summed E-state index contributed by atoms with van der Waals surface area (Å²) in [7, 11) is -2.05. The van der Waals surface area contributed by atoms with Gasteiger partial charge in [0.25, 0.3) is 0 Å². The normalized spacial score (nSPS) is 11.4. The summed E-state index contributed by atoms with van der Waals surface area (Å²) >= 11 is 1.23. The molecule has 22 heavy (non-hydrogen) atoms. The fraction of sp³-hybridized carbons (Fsp3) is 0.250. The summed E-state index contributed by atoms with van der Waals surface area (Å²) in [4.78, 5) is 11.9. The molecule has 0 spiro atoms. The molecule has 3 N–H and O–H groups in total. The summed E-state index contributed by atoms with van der Waals surface area (Å²) in [5.41, 5.74) is 0.896. The number of primary sulfonamides is 1. The molecule has 0 saturated heterocycles. The van der Waals surface area contributed by atoms with Gasteiger partial charge < -0.3 is 9.88 Å². The molecule has 1 amide bonds. The SMILES string of the molecule is Cc1ccc(NC(=O)CSc2nncn2C)cc1S(N)(=O)=O. The highest BCUT2D eigenvalue weighted by molar-refractivity contribution is 7.99. The van der Waals surface area contributed by atoms with Crippen molar-refractivity contribution < 1.29 is 13.2 Å². The molecule has 0 aliphatic heterocycles. The quantitative estimate of drug-likeness (QED) is 0.764. The van der Waals surface area contributed by atoms with Gasteiger partial charge in [-0.2, -0.15) is 0 Å². The number of sulfonamides is 1. The summed E-state index contributed by atoms with van der Waals surface area (Å²) in [5.74, 6) is -0.150. The lowest BCUT2D eigenvalue weighted by Crippen LogP contribution is -2.17. The third-order valence-electron chi connectivity index (χ3n) is 2.78. The van der Waals surface area contributed by atoms with E-state index in [0.717, 1.165) is 0 Å². The summed E-state index contributed by atoms with van der Waals surface area (Å²) in [5, 5.41) is 15.9. The highest BCUT2D eigenvalue weighted by Gasteiger charge is 2.13. The predicted octanol–water partition coefficient (Wildman–Crippen LogP) is 0.502. The van der Waals surface area contributed by atoms with Crippen LogP contribution in [0.2, 0.25) is 0 Å². The van der Waals surface area contributed by atoms with E-state index in [1.807, 2.05) is 0 Å². The zero-order valence-corrected chi connectivity index (χ0v) is 13.6. The number of carbonyl (C=O) groups is 1. The van der Waals surface area contributed by atoms with E-state index in [-0.39, 0.29) is 16.6 Å². The molecule has 0 aliphatic carbocycles. The first kappa shape index (κ1) is 16.5. The van der Waals surface area contributed by atoms with E-state index in [9.17, 15) is 13.2 Å². The first-order valence-corrected chi connectivity index (χ1v) is 8.70. The van der Waals surface area contributed by atoms with Crippen LogP contribution in [0.1, 0.15) is 5.56 Å². The molecular weight excluding hydrogens is 326 g/mol. The van der Waals surface area contributed by atoms with Crippen LogP contribution >= 0.6 is 11.8 Å². The van der Waals surface area contributed by atoms with Crippen LogP contribution in [-0.2, 0) is 21.9 Å². The fourth-order valence-corrected chi connectivity index (χ4v) is 3.21. The van der Waals surface area contributed by atoms with Crippen LogP contribution < -0.4 is 10.5 Å². The maximum atomic E-state index is 11.9. The van der Waals surface area contributed by atoms with E-state index in [0.29, 0.717) is 16.4 Å². The Morgan fingerprint density at radius 2 is 2.18 bits per heavy atom. The Bertz CT molecular complexity index is 801. The molecule has 118 valence electrons. The van der Waals surface area contributed by atoms with Gasteiger partial charge in [-0.05, 0) is 24.6 Å². The minimum absolute atomic E-state index is 0.00810. The number of benzene rings is 1. The summed E-state index contributed by atoms with van der Waals surface area (Å²) in [6.07, 6.45) is 1.54. The number of thioether (sulfide) groups is 1. The number of aromatic nitrogens is 3. The van der Waals surface area contributed by atoms with Crippen molar-refractivity contribution in [1.29, 1.82) is 0 Å². The number of rotatable bonds is 5. The first-order chi connectivity index (χ1) is 10.3. The van der Waals surface area contributed by atoms with Crippen LogP contribution in [0, 0.1) is 6.92 Å². The second-order valence-corrected chi connectivity index (χ2v) is 7.06. The van der Waals surface area contributed by atoms with Gasteiger partial charge in [-0.25, -0.2) is 13.6 Å².